The highest BCUT2D eigenvalue weighted by atomic mass is 19.1. The Labute approximate surface area is 104 Å². The zero-order valence-electron chi connectivity index (χ0n) is 10.3. The topological polar surface area (TPSA) is 64.9 Å². The van der Waals surface area contributed by atoms with E-state index in [9.17, 15) is 4.39 Å². The van der Waals surface area contributed by atoms with Crippen LogP contribution in [-0.4, -0.2) is 10.1 Å². The average molecular weight is 247 g/mol. The fourth-order valence-electron chi connectivity index (χ4n) is 2.12. The van der Waals surface area contributed by atoms with Gasteiger partial charge in [-0.15, -0.1) is 0 Å². The summed E-state index contributed by atoms with van der Waals surface area (Å²) >= 11 is 0. The average Bonchev–Trinajstić information content (AvgIpc) is 2.74. The molecule has 0 spiro atoms. The smallest absolute Gasteiger partial charge is 0.260 e. The Morgan fingerprint density at radius 3 is 2.78 bits per heavy atom. The molecule has 5 heteroatoms. The van der Waals surface area contributed by atoms with Gasteiger partial charge in [-0.3, -0.25) is 0 Å². The predicted molar refractivity (Wildman–Crippen MR) is 65.2 cm³/mol. The fraction of sp³-hybridized carbons (Fsp3) is 0.385. The van der Waals surface area contributed by atoms with Crippen LogP contribution in [0.25, 0.3) is 11.5 Å². The lowest BCUT2D eigenvalue weighted by Crippen LogP contribution is -1.93. The number of nitrogens with two attached hydrogens (primary N) is 1. The van der Waals surface area contributed by atoms with E-state index in [2.05, 4.69) is 24.0 Å². The van der Waals surface area contributed by atoms with Gasteiger partial charge in [-0.05, 0) is 30.0 Å². The molecule has 3 rings (SSSR count). The fourth-order valence-corrected chi connectivity index (χ4v) is 2.12. The number of rotatable bonds is 2. The third-order valence-corrected chi connectivity index (χ3v) is 3.51. The molecule has 0 aliphatic heterocycles. The van der Waals surface area contributed by atoms with Crippen molar-refractivity contribution in [3.05, 3.63) is 29.8 Å². The standard InChI is InChI=1S/C13H14FN3O/c1-13(2)6-9(13)11-16-12(18-17-11)8-4-3-7(14)5-10(8)15/h3-5,9H,6,15H2,1-2H3. The molecule has 0 saturated heterocycles. The van der Waals surface area contributed by atoms with Crippen molar-refractivity contribution in [3.63, 3.8) is 0 Å². The van der Waals surface area contributed by atoms with Gasteiger partial charge in [0.05, 0.1) is 5.56 Å². The highest BCUT2D eigenvalue weighted by molar-refractivity contribution is 5.70. The van der Waals surface area contributed by atoms with Crippen molar-refractivity contribution < 1.29 is 8.91 Å². The largest absolute Gasteiger partial charge is 0.398 e. The molecule has 94 valence electrons. The van der Waals surface area contributed by atoms with Crippen LogP contribution >= 0.6 is 0 Å². The summed E-state index contributed by atoms with van der Waals surface area (Å²) < 4.78 is 18.2. The first-order valence-corrected chi connectivity index (χ1v) is 5.86. The lowest BCUT2D eigenvalue weighted by Gasteiger charge is -1.99. The molecule has 1 aromatic carbocycles. The molecule has 1 aliphatic carbocycles. The van der Waals surface area contributed by atoms with E-state index in [1.54, 1.807) is 6.07 Å². The molecule has 0 radical (unpaired) electrons. The lowest BCUT2D eigenvalue weighted by molar-refractivity contribution is 0.419. The number of hydrogen-bond donors (Lipinski definition) is 1. The van der Waals surface area contributed by atoms with Crippen LogP contribution in [-0.2, 0) is 0 Å². The van der Waals surface area contributed by atoms with Crippen molar-refractivity contribution in [2.45, 2.75) is 26.2 Å². The van der Waals surface area contributed by atoms with Gasteiger partial charge in [0, 0.05) is 11.6 Å². The molecule has 1 aliphatic rings. The van der Waals surface area contributed by atoms with Crippen molar-refractivity contribution in [2.24, 2.45) is 5.41 Å². The predicted octanol–water partition coefficient (Wildman–Crippen LogP) is 2.97. The summed E-state index contributed by atoms with van der Waals surface area (Å²) in [5.41, 5.74) is 6.87. The van der Waals surface area contributed by atoms with Gasteiger partial charge in [0.1, 0.15) is 5.82 Å². The first-order valence-electron chi connectivity index (χ1n) is 5.86. The Bertz CT molecular complexity index is 606. The molecule has 2 N–H and O–H groups in total. The maximum Gasteiger partial charge on any atom is 0.260 e. The Hall–Kier alpha value is -1.91. The second-order valence-corrected chi connectivity index (χ2v) is 5.43. The van der Waals surface area contributed by atoms with E-state index in [0.717, 1.165) is 6.42 Å². The molecule has 2 aromatic rings. The van der Waals surface area contributed by atoms with Crippen LogP contribution in [0, 0.1) is 11.2 Å². The molecule has 0 bridgehead atoms. The van der Waals surface area contributed by atoms with Gasteiger partial charge in [-0.2, -0.15) is 4.98 Å². The first kappa shape index (κ1) is 11.2. The lowest BCUT2D eigenvalue weighted by atomic mass is 10.1. The zero-order valence-corrected chi connectivity index (χ0v) is 10.3. The van der Waals surface area contributed by atoms with Crippen LogP contribution in [0.3, 0.4) is 0 Å². The number of nitrogen functional groups attached to an aromatic ring is 1. The van der Waals surface area contributed by atoms with Crippen molar-refractivity contribution in [2.75, 3.05) is 5.73 Å². The number of anilines is 1. The first-order chi connectivity index (χ1) is 8.47. The molecule has 1 unspecified atom stereocenters. The highest BCUT2D eigenvalue weighted by Crippen LogP contribution is 2.57. The molecule has 1 saturated carbocycles. The summed E-state index contributed by atoms with van der Waals surface area (Å²) in [6.07, 6.45) is 1.06. The van der Waals surface area contributed by atoms with Gasteiger partial charge in [-0.25, -0.2) is 4.39 Å². The second-order valence-electron chi connectivity index (χ2n) is 5.43. The highest BCUT2D eigenvalue weighted by Gasteiger charge is 2.49. The van der Waals surface area contributed by atoms with Crippen molar-refractivity contribution in [3.8, 4) is 11.5 Å². The van der Waals surface area contributed by atoms with Crippen LogP contribution in [0.2, 0.25) is 0 Å². The van der Waals surface area contributed by atoms with Gasteiger partial charge in [0.25, 0.3) is 5.89 Å². The number of halogens is 1. The minimum atomic E-state index is -0.376. The van der Waals surface area contributed by atoms with Gasteiger partial charge in [0.15, 0.2) is 5.82 Å². The number of nitrogens with zero attached hydrogens (tertiary/aromatic N) is 2. The summed E-state index contributed by atoms with van der Waals surface area (Å²) in [7, 11) is 0. The zero-order chi connectivity index (χ0) is 12.9. The molecule has 0 amide bonds. The number of benzene rings is 1. The summed E-state index contributed by atoms with van der Waals surface area (Å²) in [6, 6.07) is 4.14. The van der Waals surface area contributed by atoms with Crippen LogP contribution in [0.5, 0.6) is 0 Å². The summed E-state index contributed by atoms with van der Waals surface area (Å²) in [5.74, 6) is 1.03. The Balaban J connectivity index is 1.94. The van der Waals surface area contributed by atoms with Crippen LogP contribution < -0.4 is 5.73 Å². The van der Waals surface area contributed by atoms with Crippen molar-refractivity contribution in [1.82, 2.24) is 10.1 Å². The van der Waals surface area contributed by atoms with Crippen molar-refractivity contribution in [1.29, 1.82) is 0 Å². The monoisotopic (exact) mass is 247 g/mol. The normalized spacial score (nSPS) is 20.9. The maximum absolute atomic E-state index is 13.0. The minimum absolute atomic E-state index is 0.246. The summed E-state index contributed by atoms with van der Waals surface area (Å²) in [4.78, 5) is 4.35. The van der Waals surface area contributed by atoms with E-state index < -0.39 is 0 Å². The van der Waals surface area contributed by atoms with Gasteiger partial charge in [-0.1, -0.05) is 19.0 Å². The van der Waals surface area contributed by atoms with E-state index in [4.69, 9.17) is 10.3 Å². The Morgan fingerprint density at radius 2 is 2.17 bits per heavy atom. The molecule has 1 aromatic heterocycles. The van der Waals surface area contributed by atoms with E-state index in [-0.39, 0.29) is 11.2 Å². The number of hydrogen-bond acceptors (Lipinski definition) is 4. The van der Waals surface area contributed by atoms with E-state index in [1.165, 1.54) is 12.1 Å². The van der Waals surface area contributed by atoms with Crippen molar-refractivity contribution >= 4 is 5.69 Å². The molecule has 4 nitrogen and oxygen atoms in total. The van der Waals surface area contributed by atoms with Crippen LogP contribution in [0.4, 0.5) is 10.1 Å². The Kier molecular flexibility index (Phi) is 2.20. The molecular weight excluding hydrogens is 233 g/mol. The van der Waals surface area contributed by atoms with Gasteiger partial charge >= 0.3 is 0 Å². The number of aromatic nitrogens is 2. The van der Waals surface area contributed by atoms with Crippen LogP contribution in [0.1, 0.15) is 32.0 Å². The van der Waals surface area contributed by atoms with Gasteiger partial charge in [0.2, 0.25) is 0 Å². The second kappa shape index (κ2) is 3.54. The van der Waals surface area contributed by atoms with E-state index >= 15 is 0 Å². The molecule has 1 heterocycles. The van der Waals surface area contributed by atoms with E-state index in [1.807, 2.05) is 0 Å². The maximum atomic E-state index is 13.0. The molecule has 18 heavy (non-hydrogen) atoms. The molecule has 1 fully saturated rings. The molecular formula is C13H14FN3O. The third kappa shape index (κ3) is 1.75. The minimum Gasteiger partial charge on any atom is -0.398 e. The summed E-state index contributed by atoms with van der Waals surface area (Å²) in [6.45, 7) is 4.33. The Morgan fingerprint density at radius 1 is 1.44 bits per heavy atom. The third-order valence-electron chi connectivity index (χ3n) is 3.51. The summed E-state index contributed by atoms with van der Waals surface area (Å²) in [5, 5.41) is 3.98. The molecule has 1 atom stereocenters. The SMILES string of the molecule is CC1(C)CC1c1noc(-c2ccc(F)cc2N)n1. The quantitative estimate of drug-likeness (QED) is 0.828. The van der Waals surface area contributed by atoms with Crippen LogP contribution in [0.15, 0.2) is 22.7 Å². The van der Waals surface area contributed by atoms with E-state index in [0.29, 0.717) is 28.9 Å². The van der Waals surface area contributed by atoms with Gasteiger partial charge < -0.3 is 10.3 Å².